The second kappa shape index (κ2) is 12.8. The number of pyridine rings is 1. The fourth-order valence-electron chi connectivity index (χ4n) is 3.01. The highest BCUT2D eigenvalue weighted by molar-refractivity contribution is 8.76. The Kier molecular flexibility index (Phi) is 10.5. The molecular weight excluding hydrogens is 450 g/mol. The van der Waals surface area contributed by atoms with Crippen molar-refractivity contribution in [2.24, 2.45) is 5.41 Å². The predicted molar refractivity (Wildman–Crippen MR) is 125 cm³/mol. The van der Waals surface area contributed by atoms with Gasteiger partial charge in [-0.05, 0) is 48.6 Å². The zero-order valence-corrected chi connectivity index (χ0v) is 20.4. The molecule has 2 rings (SSSR count). The van der Waals surface area contributed by atoms with E-state index in [1.165, 1.54) is 15.7 Å². The van der Waals surface area contributed by atoms with Crippen LogP contribution in [0, 0.1) is 5.41 Å². The molecule has 1 aromatic rings. The molecule has 0 bridgehead atoms. The molecule has 176 valence electrons. The third kappa shape index (κ3) is 7.81. The molecule has 1 aromatic heterocycles. The number of carbonyl (C=O) groups is 4. The zero-order chi connectivity index (χ0) is 23.6. The Morgan fingerprint density at radius 3 is 2.72 bits per heavy atom. The van der Waals surface area contributed by atoms with Crippen molar-refractivity contribution in [3.63, 3.8) is 0 Å². The molecule has 10 heteroatoms. The van der Waals surface area contributed by atoms with Crippen molar-refractivity contribution in [1.29, 1.82) is 0 Å². The lowest BCUT2D eigenvalue weighted by atomic mass is 9.84. The molecule has 0 spiro atoms. The zero-order valence-electron chi connectivity index (χ0n) is 18.8. The summed E-state index contributed by atoms with van der Waals surface area (Å²) in [6, 6.07) is 4.84. The van der Waals surface area contributed by atoms with Crippen molar-refractivity contribution in [1.82, 2.24) is 15.2 Å². The van der Waals surface area contributed by atoms with Crippen molar-refractivity contribution >= 4 is 45.2 Å². The van der Waals surface area contributed by atoms with E-state index in [4.69, 9.17) is 4.74 Å². The summed E-state index contributed by atoms with van der Waals surface area (Å²) in [7, 11) is 3.08. The normalized spacial score (nSPS) is 16.3. The smallest absolute Gasteiger partial charge is 0.329 e. The molecule has 2 amide bonds. The molecule has 0 saturated carbocycles. The Balaban J connectivity index is 1.75. The molecule has 1 fully saturated rings. The van der Waals surface area contributed by atoms with Crippen molar-refractivity contribution in [3.05, 3.63) is 24.4 Å². The average molecular weight is 482 g/mol. The van der Waals surface area contributed by atoms with E-state index >= 15 is 0 Å². The standard InChI is InChI=1S/C22H31N3O5S2/c1-4-22(2,3)19(27)20(28)25-13-8-6-9-16(25)21(29)30-15-17(26)23-12-14-31-32-18-10-5-7-11-24-18/h5,7,10-11,16H,4,6,8-9,12-15H2,1-3H3,(H,23,26)/t16-/m0/s1. The molecule has 8 nitrogen and oxygen atoms in total. The van der Waals surface area contributed by atoms with Gasteiger partial charge in [0.05, 0.1) is 0 Å². The molecule has 0 unspecified atom stereocenters. The number of rotatable bonds is 11. The number of nitrogens with zero attached hydrogens (tertiary/aromatic N) is 2. The number of carbonyl (C=O) groups excluding carboxylic acids is 4. The maximum atomic E-state index is 12.7. The minimum absolute atomic E-state index is 0.335. The summed E-state index contributed by atoms with van der Waals surface area (Å²) in [6.07, 6.45) is 4.16. The number of piperidine rings is 1. The fraction of sp³-hybridized carbons (Fsp3) is 0.591. The minimum Gasteiger partial charge on any atom is -0.454 e. The van der Waals surface area contributed by atoms with Gasteiger partial charge in [0.25, 0.3) is 11.8 Å². The maximum Gasteiger partial charge on any atom is 0.329 e. The lowest BCUT2D eigenvalue weighted by Gasteiger charge is -2.35. The first-order chi connectivity index (χ1) is 15.3. The molecule has 32 heavy (non-hydrogen) atoms. The van der Waals surface area contributed by atoms with Gasteiger partial charge in [0, 0.05) is 30.5 Å². The van der Waals surface area contributed by atoms with E-state index in [0.29, 0.717) is 31.7 Å². The van der Waals surface area contributed by atoms with Crippen LogP contribution in [-0.2, 0) is 23.9 Å². The van der Waals surface area contributed by atoms with E-state index in [0.717, 1.165) is 17.9 Å². The minimum atomic E-state index is -0.828. The van der Waals surface area contributed by atoms with E-state index < -0.39 is 41.6 Å². The third-order valence-electron chi connectivity index (χ3n) is 5.36. The summed E-state index contributed by atoms with van der Waals surface area (Å²) < 4.78 is 5.16. The van der Waals surface area contributed by atoms with Crippen LogP contribution in [0.2, 0.25) is 0 Å². The van der Waals surface area contributed by atoms with Gasteiger partial charge < -0.3 is 15.0 Å². The molecule has 0 radical (unpaired) electrons. The van der Waals surface area contributed by atoms with Crippen LogP contribution in [0.4, 0.5) is 0 Å². The molecule has 2 heterocycles. The molecule has 0 aromatic carbocycles. The lowest BCUT2D eigenvalue weighted by Crippen LogP contribution is -2.53. The molecule has 0 aliphatic carbocycles. The number of amides is 2. The van der Waals surface area contributed by atoms with Crippen LogP contribution in [0.15, 0.2) is 29.4 Å². The van der Waals surface area contributed by atoms with Crippen LogP contribution in [0.1, 0.15) is 46.5 Å². The van der Waals surface area contributed by atoms with E-state index in [1.807, 2.05) is 25.1 Å². The second-order valence-electron chi connectivity index (χ2n) is 8.11. The van der Waals surface area contributed by atoms with Crippen molar-refractivity contribution < 1.29 is 23.9 Å². The first-order valence-corrected chi connectivity index (χ1v) is 13.1. The van der Waals surface area contributed by atoms with Crippen LogP contribution in [-0.4, -0.2) is 64.9 Å². The molecule has 1 aliphatic rings. The highest BCUT2D eigenvalue weighted by Crippen LogP contribution is 2.28. The lowest BCUT2D eigenvalue weighted by molar-refractivity contribution is -0.162. The summed E-state index contributed by atoms with van der Waals surface area (Å²) in [6.45, 7) is 5.65. The van der Waals surface area contributed by atoms with Crippen LogP contribution >= 0.6 is 21.6 Å². The number of aromatic nitrogens is 1. The summed E-state index contributed by atoms with van der Waals surface area (Å²) in [5.74, 6) is -1.53. The number of Topliss-reactive ketones (excluding diaryl/α,β-unsaturated/α-hetero) is 1. The SMILES string of the molecule is CCC(C)(C)C(=O)C(=O)N1CCCC[C@H]1C(=O)OCC(=O)NCCSSc1ccccn1. The van der Waals surface area contributed by atoms with Gasteiger partial charge in [0.15, 0.2) is 6.61 Å². The van der Waals surface area contributed by atoms with Crippen LogP contribution in [0.25, 0.3) is 0 Å². The number of ether oxygens (including phenoxy) is 1. The van der Waals surface area contributed by atoms with Crippen molar-refractivity contribution in [3.8, 4) is 0 Å². The summed E-state index contributed by atoms with van der Waals surface area (Å²) in [5.41, 5.74) is -0.782. The summed E-state index contributed by atoms with van der Waals surface area (Å²) in [4.78, 5) is 55.4. The highest BCUT2D eigenvalue weighted by atomic mass is 33.1. The Bertz CT molecular complexity index is 804. The average Bonchev–Trinajstić information content (AvgIpc) is 2.82. The van der Waals surface area contributed by atoms with Gasteiger partial charge in [-0.2, -0.15) is 0 Å². The van der Waals surface area contributed by atoms with E-state index in [9.17, 15) is 19.2 Å². The number of esters is 1. The number of ketones is 1. The van der Waals surface area contributed by atoms with Crippen molar-refractivity contribution in [2.75, 3.05) is 25.4 Å². The van der Waals surface area contributed by atoms with Gasteiger partial charge >= 0.3 is 5.97 Å². The van der Waals surface area contributed by atoms with Gasteiger partial charge in [0.1, 0.15) is 11.1 Å². The topological polar surface area (TPSA) is 106 Å². The highest BCUT2D eigenvalue weighted by Gasteiger charge is 2.40. The Hall–Kier alpha value is -2.07. The van der Waals surface area contributed by atoms with Crippen LogP contribution < -0.4 is 5.32 Å². The molecule has 1 N–H and O–H groups in total. The Labute approximate surface area is 197 Å². The van der Waals surface area contributed by atoms with Gasteiger partial charge in [-0.25, -0.2) is 9.78 Å². The predicted octanol–water partition coefficient (Wildman–Crippen LogP) is 2.87. The first kappa shape index (κ1) is 26.2. The molecule has 1 atom stereocenters. The van der Waals surface area contributed by atoms with E-state index in [-0.39, 0.29) is 0 Å². The fourth-order valence-corrected chi connectivity index (χ4v) is 4.80. The second-order valence-corrected chi connectivity index (χ2v) is 10.5. The van der Waals surface area contributed by atoms with Crippen LogP contribution in [0.3, 0.4) is 0 Å². The quantitative estimate of drug-likeness (QED) is 0.223. The van der Waals surface area contributed by atoms with E-state index in [2.05, 4.69) is 10.3 Å². The molecular formula is C22H31N3O5S2. The number of hydrogen-bond acceptors (Lipinski definition) is 8. The first-order valence-electron chi connectivity index (χ1n) is 10.8. The van der Waals surface area contributed by atoms with Crippen molar-refractivity contribution in [2.45, 2.75) is 57.5 Å². The van der Waals surface area contributed by atoms with Gasteiger partial charge in [-0.1, -0.05) is 37.6 Å². The summed E-state index contributed by atoms with van der Waals surface area (Å²) >= 11 is 0. The largest absolute Gasteiger partial charge is 0.454 e. The number of likely N-dealkylation sites (tertiary alicyclic amines) is 1. The molecule has 1 saturated heterocycles. The number of hydrogen-bond donors (Lipinski definition) is 1. The number of nitrogens with one attached hydrogen (secondary N) is 1. The Morgan fingerprint density at radius 1 is 1.25 bits per heavy atom. The third-order valence-corrected chi connectivity index (χ3v) is 7.63. The van der Waals surface area contributed by atoms with Gasteiger partial charge in [-0.15, -0.1) is 0 Å². The van der Waals surface area contributed by atoms with Gasteiger partial charge in [-0.3, -0.25) is 14.4 Å². The summed E-state index contributed by atoms with van der Waals surface area (Å²) in [5, 5.41) is 3.60. The molecule has 1 aliphatic heterocycles. The maximum absolute atomic E-state index is 12.7. The Morgan fingerprint density at radius 2 is 2.03 bits per heavy atom. The monoisotopic (exact) mass is 481 g/mol. The van der Waals surface area contributed by atoms with Crippen LogP contribution in [0.5, 0.6) is 0 Å². The van der Waals surface area contributed by atoms with Gasteiger partial charge in [0.2, 0.25) is 5.78 Å². The van der Waals surface area contributed by atoms with E-state index in [1.54, 1.807) is 30.8 Å².